The second-order valence-corrected chi connectivity index (χ2v) is 10.9. The molecule has 9 heteroatoms. The molecule has 0 radical (unpaired) electrons. The van der Waals surface area contributed by atoms with Gasteiger partial charge in [0.25, 0.3) is 10.0 Å². The Morgan fingerprint density at radius 1 is 0.944 bits per heavy atom. The van der Waals surface area contributed by atoms with Crippen LogP contribution in [0.2, 0.25) is 5.02 Å². The van der Waals surface area contributed by atoms with Crippen LogP contribution in [-0.2, 0) is 26.2 Å². The summed E-state index contributed by atoms with van der Waals surface area (Å²) in [5.74, 6) is -0.874. The normalized spacial score (nSPS) is 12.0. The van der Waals surface area contributed by atoms with Crippen molar-refractivity contribution in [3.63, 3.8) is 0 Å². The van der Waals surface area contributed by atoms with E-state index in [1.807, 2.05) is 19.9 Å². The highest BCUT2D eigenvalue weighted by atomic mass is 35.5. The number of likely N-dealkylation sites (N-methyl/N-ethyl adjacent to an activating group) is 1. The summed E-state index contributed by atoms with van der Waals surface area (Å²) in [6.45, 7) is 4.98. The van der Waals surface area contributed by atoms with Crippen molar-refractivity contribution in [1.29, 1.82) is 0 Å². The molecule has 1 atom stereocenters. The lowest BCUT2D eigenvalue weighted by Crippen LogP contribution is -2.50. The molecule has 3 rings (SSSR count). The molecule has 0 unspecified atom stereocenters. The monoisotopic (exact) mass is 527 g/mol. The van der Waals surface area contributed by atoms with E-state index in [2.05, 4.69) is 5.32 Å². The van der Waals surface area contributed by atoms with Gasteiger partial charge in [-0.3, -0.25) is 13.9 Å². The molecule has 3 aromatic carbocycles. The van der Waals surface area contributed by atoms with Crippen LogP contribution in [0.1, 0.15) is 23.6 Å². The minimum Gasteiger partial charge on any atom is -0.357 e. The van der Waals surface area contributed by atoms with Gasteiger partial charge in [-0.2, -0.15) is 0 Å². The Labute approximate surface area is 217 Å². The van der Waals surface area contributed by atoms with Gasteiger partial charge in [-0.15, -0.1) is 0 Å². The summed E-state index contributed by atoms with van der Waals surface area (Å²) in [6.07, 6.45) is 0. The molecule has 36 heavy (non-hydrogen) atoms. The van der Waals surface area contributed by atoms with Crippen LogP contribution < -0.4 is 9.62 Å². The molecule has 0 spiro atoms. The van der Waals surface area contributed by atoms with Crippen LogP contribution in [-0.4, -0.2) is 44.8 Å². The molecule has 0 fully saturated rings. The Morgan fingerprint density at radius 3 is 2.08 bits per heavy atom. The van der Waals surface area contributed by atoms with Gasteiger partial charge in [-0.1, -0.05) is 48.0 Å². The zero-order valence-electron chi connectivity index (χ0n) is 20.7. The SMILES string of the molecule is CNC(=O)[C@@H](C)N(Cc1ccc(Cl)cc1)C(=O)CN(c1cc(C)cc(C)c1)S(=O)(=O)c1ccccc1. The number of nitrogens with one attached hydrogen (secondary N) is 1. The Bertz CT molecular complexity index is 1310. The summed E-state index contributed by atoms with van der Waals surface area (Å²) in [4.78, 5) is 27.7. The number of benzene rings is 3. The average molecular weight is 528 g/mol. The first kappa shape index (κ1) is 27.2. The molecular weight excluding hydrogens is 498 g/mol. The molecule has 3 aromatic rings. The van der Waals surface area contributed by atoms with Gasteiger partial charge in [-0.05, 0) is 73.9 Å². The van der Waals surface area contributed by atoms with E-state index in [0.717, 1.165) is 21.0 Å². The molecule has 7 nitrogen and oxygen atoms in total. The van der Waals surface area contributed by atoms with Crippen molar-refractivity contribution in [2.24, 2.45) is 0 Å². The zero-order valence-corrected chi connectivity index (χ0v) is 22.3. The van der Waals surface area contributed by atoms with E-state index in [0.29, 0.717) is 10.7 Å². The van der Waals surface area contributed by atoms with E-state index >= 15 is 0 Å². The first-order chi connectivity index (χ1) is 17.0. The van der Waals surface area contributed by atoms with Crippen LogP contribution in [0.3, 0.4) is 0 Å². The Balaban J connectivity index is 2.05. The van der Waals surface area contributed by atoms with Crippen LogP contribution >= 0.6 is 11.6 Å². The fraction of sp³-hybridized carbons (Fsp3) is 0.259. The molecule has 0 aliphatic rings. The third kappa shape index (κ3) is 6.44. The van der Waals surface area contributed by atoms with Crippen LogP contribution in [0.25, 0.3) is 0 Å². The lowest BCUT2D eigenvalue weighted by atomic mass is 10.1. The first-order valence-corrected chi connectivity index (χ1v) is 13.3. The van der Waals surface area contributed by atoms with Gasteiger partial charge >= 0.3 is 0 Å². The molecule has 0 aromatic heterocycles. The van der Waals surface area contributed by atoms with Gasteiger partial charge in [0.05, 0.1) is 10.6 Å². The molecule has 2 amide bonds. The fourth-order valence-corrected chi connectivity index (χ4v) is 5.47. The second kappa shape index (κ2) is 11.6. The molecule has 0 saturated heterocycles. The number of amides is 2. The standard InChI is InChI=1S/C27H30ClN3O4S/c1-19-14-20(2)16-24(15-19)31(36(34,35)25-8-6-5-7-9-25)18-26(32)30(21(3)27(33)29-4)17-22-10-12-23(28)13-11-22/h5-16,21H,17-18H2,1-4H3,(H,29,33)/t21-/m1/s1. The van der Waals surface area contributed by atoms with E-state index in [1.165, 1.54) is 24.1 Å². The van der Waals surface area contributed by atoms with E-state index in [1.54, 1.807) is 61.5 Å². The number of carbonyl (C=O) groups excluding carboxylic acids is 2. The highest BCUT2D eigenvalue weighted by Gasteiger charge is 2.32. The number of aryl methyl sites for hydroxylation is 2. The molecule has 0 aliphatic carbocycles. The number of anilines is 1. The quantitative estimate of drug-likeness (QED) is 0.449. The Hall–Kier alpha value is -3.36. The fourth-order valence-electron chi connectivity index (χ4n) is 3.92. The van der Waals surface area contributed by atoms with Gasteiger partial charge in [0, 0.05) is 18.6 Å². The number of carbonyl (C=O) groups is 2. The predicted molar refractivity (Wildman–Crippen MR) is 142 cm³/mol. The van der Waals surface area contributed by atoms with Crippen molar-refractivity contribution in [2.75, 3.05) is 17.9 Å². The highest BCUT2D eigenvalue weighted by molar-refractivity contribution is 7.92. The van der Waals surface area contributed by atoms with Crippen LogP contribution in [0.5, 0.6) is 0 Å². The third-order valence-corrected chi connectivity index (χ3v) is 7.82. The largest absolute Gasteiger partial charge is 0.357 e. The second-order valence-electron chi connectivity index (χ2n) is 8.61. The lowest BCUT2D eigenvalue weighted by Gasteiger charge is -2.32. The zero-order chi connectivity index (χ0) is 26.5. The van der Waals surface area contributed by atoms with E-state index in [4.69, 9.17) is 11.6 Å². The Kier molecular flexibility index (Phi) is 8.76. The first-order valence-electron chi connectivity index (χ1n) is 11.4. The van der Waals surface area contributed by atoms with Crippen molar-refractivity contribution in [3.05, 3.63) is 94.5 Å². The molecule has 0 saturated carbocycles. The number of halogens is 1. The molecule has 0 bridgehead atoms. The van der Waals surface area contributed by atoms with Crippen LogP contribution in [0, 0.1) is 13.8 Å². The molecule has 1 N–H and O–H groups in total. The number of nitrogens with zero attached hydrogens (tertiary/aromatic N) is 2. The van der Waals surface area contributed by atoms with Crippen molar-refractivity contribution < 1.29 is 18.0 Å². The molecule has 0 heterocycles. The lowest BCUT2D eigenvalue weighted by molar-refractivity contribution is -0.139. The number of sulfonamides is 1. The van der Waals surface area contributed by atoms with Gasteiger partial charge in [-0.25, -0.2) is 8.42 Å². The minimum atomic E-state index is -4.08. The van der Waals surface area contributed by atoms with Gasteiger partial charge in [0.1, 0.15) is 12.6 Å². The topological polar surface area (TPSA) is 86.8 Å². The summed E-state index contributed by atoms with van der Waals surface area (Å²) in [6, 6.07) is 19.5. The van der Waals surface area contributed by atoms with Gasteiger partial charge < -0.3 is 10.2 Å². The van der Waals surface area contributed by atoms with E-state index in [9.17, 15) is 18.0 Å². The highest BCUT2D eigenvalue weighted by Crippen LogP contribution is 2.26. The van der Waals surface area contributed by atoms with E-state index in [-0.39, 0.29) is 17.3 Å². The number of hydrogen-bond acceptors (Lipinski definition) is 4. The van der Waals surface area contributed by atoms with Crippen molar-refractivity contribution in [2.45, 2.75) is 38.3 Å². The summed E-state index contributed by atoms with van der Waals surface area (Å²) in [5, 5.41) is 3.11. The predicted octanol–water partition coefficient (Wildman–Crippen LogP) is 4.32. The molecular formula is C27H30ClN3O4S. The number of rotatable bonds is 9. The summed E-state index contributed by atoms with van der Waals surface area (Å²) in [5.41, 5.74) is 2.86. The van der Waals surface area contributed by atoms with Crippen molar-refractivity contribution in [3.8, 4) is 0 Å². The number of hydrogen-bond donors (Lipinski definition) is 1. The summed E-state index contributed by atoms with van der Waals surface area (Å²) < 4.78 is 28.6. The minimum absolute atomic E-state index is 0.0700. The van der Waals surface area contributed by atoms with Crippen LogP contribution in [0.15, 0.2) is 77.7 Å². The maximum absolute atomic E-state index is 13.7. The van der Waals surface area contributed by atoms with Gasteiger partial charge in [0.15, 0.2) is 0 Å². The smallest absolute Gasteiger partial charge is 0.264 e. The van der Waals surface area contributed by atoms with Crippen molar-refractivity contribution >= 4 is 39.1 Å². The molecule has 0 aliphatic heterocycles. The van der Waals surface area contributed by atoms with Gasteiger partial charge in [0.2, 0.25) is 11.8 Å². The van der Waals surface area contributed by atoms with E-state index < -0.39 is 28.5 Å². The third-order valence-electron chi connectivity index (χ3n) is 5.78. The summed E-state index contributed by atoms with van der Waals surface area (Å²) in [7, 11) is -2.59. The summed E-state index contributed by atoms with van der Waals surface area (Å²) >= 11 is 6.00. The maximum atomic E-state index is 13.7. The van der Waals surface area contributed by atoms with Crippen molar-refractivity contribution in [1.82, 2.24) is 10.2 Å². The molecule has 190 valence electrons. The maximum Gasteiger partial charge on any atom is 0.264 e. The average Bonchev–Trinajstić information content (AvgIpc) is 2.85. The Morgan fingerprint density at radius 2 is 1.53 bits per heavy atom. The van der Waals surface area contributed by atoms with Crippen LogP contribution in [0.4, 0.5) is 5.69 Å².